The number of ether oxygens (including phenoxy) is 1. The summed E-state index contributed by atoms with van der Waals surface area (Å²) in [6.45, 7) is 1.44. The molecule has 10 heteroatoms. The monoisotopic (exact) mass is 422 g/mol. The quantitative estimate of drug-likeness (QED) is 0.697. The van der Waals surface area contributed by atoms with Gasteiger partial charge in [0.05, 0.1) is 9.92 Å². The molecule has 0 radical (unpaired) electrons. The molecule has 1 amide bonds. The molecule has 6 nitrogen and oxygen atoms in total. The first-order valence-corrected chi connectivity index (χ1v) is 9.49. The van der Waals surface area contributed by atoms with Crippen LogP contribution in [0.4, 0.5) is 0 Å². The van der Waals surface area contributed by atoms with E-state index in [4.69, 9.17) is 39.5 Å². The number of carbonyl (C=O) groups is 1. The zero-order valence-corrected chi connectivity index (χ0v) is 15.9. The highest BCUT2D eigenvalue weighted by Crippen LogP contribution is 2.28. The molecule has 0 saturated heterocycles. The Hall–Kier alpha value is -1.51. The Balaban J connectivity index is 1.98. The molecular formula is C15H13Cl3N2O4S. The summed E-state index contributed by atoms with van der Waals surface area (Å²) in [7, 11) is -3.93. The Labute approximate surface area is 160 Å². The van der Waals surface area contributed by atoms with E-state index in [1.54, 1.807) is 6.07 Å². The number of hydrogen-bond acceptors (Lipinski definition) is 4. The fourth-order valence-corrected chi connectivity index (χ4v) is 3.13. The number of halogens is 3. The molecule has 0 unspecified atom stereocenters. The molecule has 1 atom stereocenters. The molecule has 0 aliphatic heterocycles. The number of sulfonamides is 1. The third-order valence-corrected chi connectivity index (χ3v) is 5.05. The largest absolute Gasteiger partial charge is 0.479 e. The molecule has 2 rings (SSSR count). The van der Waals surface area contributed by atoms with Crippen LogP contribution in [0, 0.1) is 0 Å². The summed E-state index contributed by atoms with van der Waals surface area (Å²) >= 11 is 17.4. The van der Waals surface area contributed by atoms with E-state index < -0.39 is 22.0 Å². The van der Waals surface area contributed by atoms with Gasteiger partial charge in [0.1, 0.15) is 5.75 Å². The second kappa shape index (κ2) is 8.25. The standard InChI is InChI=1S/C15H13Cl3N2O4S/c1-9(24-14-7-4-11(17)8-13(14)18)15(21)19-20-25(22,23)12-5-2-10(16)3-6-12/h2-9,20H,1H3,(H,19,21)/t9-/m0/s1. The Kier molecular flexibility index (Phi) is 6.53. The minimum Gasteiger partial charge on any atom is -0.479 e. The van der Waals surface area contributed by atoms with Gasteiger partial charge in [-0.05, 0) is 49.4 Å². The van der Waals surface area contributed by atoms with Crippen molar-refractivity contribution < 1.29 is 17.9 Å². The second-order valence-electron chi connectivity index (χ2n) is 4.88. The third-order valence-electron chi connectivity index (χ3n) is 3.00. The molecule has 2 aromatic rings. The van der Waals surface area contributed by atoms with E-state index in [1.807, 2.05) is 4.83 Å². The van der Waals surface area contributed by atoms with Crippen LogP contribution in [0.3, 0.4) is 0 Å². The molecule has 2 aromatic carbocycles. The Bertz CT molecular complexity index is 873. The minimum atomic E-state index is -3.93. The molecule has 0 saturated carbocycles. The molecule has 0 fully saturated rings. The van der Waals surface area contributed by atoms with Crippen LogP contribution in [0.5, 0.6) is 5.75 Å². The maximum Gasteiger partial charge on any atom is 0.275 e. The minimum absolute atomic E-state index is 0.0495. The fraction of sp³-hybridized carbons (Fsp3) is 0.133. The first-order chi connectivity index (χ1) is 11.7. The van der Waals surface area contributed by atoms with E-state index in [0.717, 1.165) is 0 Å². The van der Waals surface area contributed by atoms with Crippen molar-refractivity contribution in [3.05, 3.63) is 57.5 Å². The van der Waals surface area contributed by atoms with Crippen LogP contribution in [-0.4, -0.2) is 20.4 Å². The molecule has 0 bridgehead atoms. The van der Waals surface area contributed by atoms with Crippen molar-refractivity contribution in [2.24, 2.45) is 0 Å². The van der Waals surface area contributed by atoms with Gasteiger partial charge in [0.25, 0.3) is 15.9 Å². The lowest BCUT2D eigenvalue weighted by Gasteiger charge is -2.16. The van der Waals surface area contributed by atoms with Crippen LogP contribution in [-0.2, 0) is 14.8 Å². The summed E-state index contributed by atoms with van der Waals surface area (Å²) < 4.78 is 29.5. The van der Waals surface area contributed by atoms with E-state index >= 15 is 0 Å². The van der Waals surface area contributed by atoms with Crippen LogP contribution in [0.25, 0.3) is 0 Å². The maximum atomic E-state index is 12.1. The predicted molar refractivity (Wildman–Crippen MR) is 96.5 cm³/mol. The maximum absolute atomic E-state index is 12.1. The second-order valence-corrected chi connectivity index (χ2v) is 7.85. The van der Waals surface area contributed by atoms with Gasteiger partial charge in [0.2, 0.25) is 0 Å². The van der Waals surface area contributed by atoms with Crippen molar-refractivity contribution in [1.29, 1.82) is 0 Å². The highest BCUT2D eigenvalue weighted by Gasteiger charge is 2.20. The molecule has 0 heterocycles. The lowest BCUT2D eigenvalue weighted by molar-refractivity contribution is -0.127. The zero-order valence-electron chi connectivity index (χ0n) is 12.8. The van der Waals surface area contributed by atoms with Crippen LogP contribution in [0.1, 0.15) is 6.92 Å². The van der Waals surface area contributed by atoms with E-state index in [0.29, 0.717) is 10.0 Å². The highest BCUT2D eigenvalue weighted by molar-refractivity contribution is 7.89. The summed E-state index contributed by atoms with van der Waals surface area (Å²) in [4.78, 5) is 13.9. The summed E-state index contributed by atoms with van der Waals surface area (Å²) in [5, 5.41) is 1.05. The Morgan fingerprint density at radius 2 is 1.64 bits per heavy atom. The van der Waals surface area contributed by atoms with Gasteiger partial charge in [0.15, 0.2) is 6.10 Å². The SMILES string of the molecule is C[C@H](Oc1ccc(Cl)cc1Cl)C(=O)NNS(=O)(=O)c1ccc(Cl)cc1. The molecule has 0 aliphatic rings. The van der Waals surface area contributed by atoms with E-state index in [1.165, 1.54) is 43.3 Å². The van der Waals surface area contributed by atoms with E-state index in [2.05, 4.69) is 5.43 Å². The van der Waals surface area contributed by atoms with Gasteiger partial charge in [-0.25, -0.2) is 8.42 Å². The van der Waals surface area contributed by atoms with Gasteiger partial charge >= 0.3 is 0 Å². The number of hydrazine groups is 1. The molecule has 0 aromatic heterocycles. The van der Waals surface area contributed by atoms with Gasteiger partial charge in [-0.1, -0.05) is 34.8 Å². The number of hydrogen-bond donors (Lipinski definition) is 2. The highest BCUT2D eigenvalue weighted by atomic mass is 35.5. The van der Waals surface area contributed by atoms with Crippen LogP contribution < -0.4 is 15.0 Å². The molecule has 0 spiro atoms. The number of rotatable bonds is 6. The molecular weight excluding hydrogens is 411 g/mol. The lowest BCUT2D eigenvalue weighted by Crippen LogP contribution is -2.47. The normalized spacial score (nSPS) is 12.5. The average molecular weight is 424 g/mol. The first kappa shape index (κ1) is 19.8. The lowest BCUT2D eigenvalue weighted by atomic mass is 10.3. The first-order valence-electron chi connectivity index (χ1n) is 6.88. The van der Waals surface area contributed by atoms with Crippen molar-refractivity contribution in [1.82, 2.24) is 10.3 Å². The number of benzene rings is 2. The summed E-state index contributed by atoms with van der Waals surface area (Å²) in [5.74, 6) is -0.460. The van der Waals surface area contributed by atoms with Gasteiger partial charge in [-0.15, -0.1) is 4.83 Å². The van der Waals surface area contributed by atoms with Gasteiger partial charge < -0.3 is 4.74 Å². The number of nitrogens with one attached hydrogen (secondary N) is 2. The summed E-state index contributed by atoms with van der Waals surface area (Å²) in [6, 6.07) is 9.99. The van der Waals surface area contributed by atoms with E-state index in [-0.39, 0.29) is 15.7 Å². The smallest absolute Gasteiger partial charge is 0.275 e. The zero-order chi connectivity index (χ0) is 18.6. The van der Waals surface area contributed by atoms with Gasteiger partial charge in [0, 0.05) is 10.0 Å². The van der Waals surface area contributed by atoms with Crippen LogP contribution in [0.2, 0.25) is 15.1 Å². The third kappa shape index (κ3) is 5.49. The van der Waals surface area contributed by atoms with Crippen molar-refractivity contribution >= 4 is 50.7 Å². The number of carbonyl (C=O) groups excluding carboxylic acids is 1. The van der Waals surface area contributed by atoms with Crippen molar-refractivity contribution in [2.45, 2.75) is 17.9 Å². The molecule has 134 valence electrons. The Morgan fingerprint density at radius 1 is 1.04 bits per heavy atom. The topological polar surface area (TPSA) is 84.5 Å². The Morgan fingerprint density at radius 3 is 2.24 bits per heavy atom. The summed E-state index contributed by atoms with van der Waals surface area (Å²) in [6.07, 6.45) is -1.01. The van der Waals surface area contributed by atoms with Crippen LogP contribution in [0.15, 0.2) is 47.4 Å². The summed E-state index contributed by atoms with van der Waals surface area (Å²) in [5.41, 5.74) is 2.08. The molecule has 0 aliphatic carbocycles. The molecule has 2 N–H and O–H groups in total. The van der Waals surface area contributed by atoms with E-state index in [9.17, 15) is 13.2 Å². The van der Waals surface area contributed by atoms with Crippen molar-refractivity contribution in [3.63, 3.8) is 0 Å². The van der Waals surface area contributed by atoms with Gasteiger partial charge in [-0.3, -0.25) is 10.2 Å². The van der Waals surface area contributed by atoms with Crippen LogP contribution >= 0.6 is 34.8 Å². The molecule has 25 heavy (non-hydrogen) atoms. The average Bonchev–Trinajstić information content (AvgIpc) is 2.55. The predicted octanol–water partition coefficient (Wildman–Crippen LogP) is 3.42. The van der Waals surface area contributed by atoms with Gasteiger partial charge in [-0.2, -0.15) is 0 Å². The van der Waals surface area contributed by atoms with Crippen molar-refractivity contribution in [2.75, 3.05) is 0 Å². The number of amides is 1. The fourth-order valence-electron chi connectivity index (χ4n) is 1.71. The van der Waals surface area contributed by atoms with Crippen molar-refractivity contribution in [3.8, 4) is 5.75 Å².